The molecule has 3 aromatic rings. The molecule has 28 heavy (non-hydrogen) atoms. The van der Waals surface area contributed by atoms with E-state index in [4.69, 9.17) is 4.42 Å². The Labute approximate surface area is 162 Å². The molecule has 7 nitrogen and oxygen atoms in total. The molecular weight excluding hydrogens is 412 g/mol. The minimum atomic E-state index is -4.07. The smallest absolute Gasteiger partial charge is 0.260 e. The van der Waals surface area contributed by atoms with Crippen molar-refractivity contribution in [1.29, 1.82) is 0 Å². The van der Waals surface area contributed by atoms with Gasteiger partial charge in [0.1, 0.15) is 17.9 Å². The van der Waals surface area contributed by atoms with Crippen LogP contribution >= 0.6 is 11.3 Å². The van der Waals surface area contributed by atoms with Gasteiger partial charge in [-0.2, -0.15) is 4.31 Å². The van der Waals surface area contributed by atoms with E-state index in [2.05, 4.69) is 10.3 Å². The standard InChI is InChI=1S/C17H13F2N3O4S2/c18-11-5-12(19)7-13(6-11)28(24,25)22-3-1-14-15(8-22)27-17(20-14)21-16(23)10-2-4-26-9-10/h2,4-7,9H,1,3,8H2,(H,20,21,23). The van der Waals surface area contributed by atoms with E-state index in [1.54, 1.807) is 0 Å². The molecule has 1 amide bonds. The van der Waals surface area contributed by atoms with Crippen LogP contribution in [0.3, 0.4) is 0 Å². The first kappa shape index (κ1) is 18.7. The molecule has 0 aliphatic carbocycles. The third-order valence-electron chi connectivity index (χ3n) is 4.17. The number of furan rings is 1. The fourth-order valence-corrected chi connectivity index (χ4v) is 5.37. The second-order valence-corrected chi connectivity index (χ2v) is 9.07. The molecule has 1 N–H and O–H groups in total. The number of rotatable bonds is 4. The number of hydrogen-bond donors (Lipinski definition) is 1. The van der Waals surface area contributed by atoms with Gasteiger partial charge in [0.2, 0.25) is 10.0 Å². The van der Waals surface area contributed by atoms with Gasteiger partial charge in [-0.3, -0.25) is 10.1 Å². The van der Waals surface area contributed by atoms with Gasteiger partial charge in [0, 0.05) is 23.9 Å². The van der Waals surface area contributed by atoms with Gasteiger partial charge in [-0.15, -0.1) is 11.3 Å². The van der Waals surface area contributed by atoms with Crippen LogP contribution < -0.4 is 5.32 Å². The number of carbonyl (C=O) groups is 1. The largest absolute Gasteiger partial charge is 0.472 e. The third kappa shape index (κ3) is 3.55. The molecule has 0 unspecified atom stereocenters. The molecule has 0 saturated heterocycles. The second-order valence-electron chi connectivity index (χ2n) is 6.05. The van der Waals surface area contributed by atoms with E-state index in [1.807, 2.05) is 0 Å². The maximum atomic E-state index is 13.4. The molecule has 1 aromatic carbocycles. The minimum Gasteiger partial charge on any atom is -0.472 e. The summed E-state index contributed by atoms with van der Waals surface area (Å²) in [5.41, 5.74) is 1.02. The first-order chi connectivity index (χ1) is 13.3. The number of nitrogens with one attached hydrogen (secondary N) is 1. The van der Waals surface area contributed by atoms with Crippen LogP contribution in [-0.4, -0.2) is 30.2 Å². The predicted octanol–water partition coefficient (Wildman–Crippen LogP) is 3.01. The fraction of sp³-hybridized carbons (Fsp3) is 0.176. The summed E-state index contributed by atoms with van der Waals surface area (Å²) >= 11 is 1.15. The number of hydrogen-bond acceptors (Lipinski definition) is 6. The summed E-state index contributed by atoms with van der Waals surface area (Å²) in [6, 6.07) is 3.70. The van der Waals surface area contributed by atoms with Crippen molar-refractivity contribution in [2.75, 3.05) is 11.9 Å². The Morgan fingerprint density at radius 1 is 1.25 bits per heavy atom. The van der Waals surface area contributed by atoms with E-state index in [0.717, 1.165) is 27.8 Å². The summed E-state index contributed by atoms with van der Waals surface area (Å²) in [7, 11) is -4.07. The first-order valence-corrected chi connectivity index (χ1v) is 10.4. The number of aromatic nitrogens is 1. The Morgan fingerprint density at radius 2 is 2.00 bits per heavy atom. The topological polar surface area (TPSA) is 92.5 Å². The highest BCUT2D eigenvalue weighted by atomic mass is 32.2. The van der Waals surface area contributed by atoms with E-state index in [0.29, 0.717) is 33.8 Å². The number of fused-ring (bicyclic) bond motifs is 1. The van der Waals surface area contributed by atoms with Crippen molar-refractivity contribution in [3.05, 3.63) is 64.6 Å². The summed E-state index contributed by atoms with van der Waals surface area (Å²) in [6.07, 6.45) is 3.00. The van der Waals surface area contributed by atoms with Gasteiger partial charge in [-0.1, -0.05) is 0 Å². The summed E-state index contributed by atoms with van der Waals surface area (Å²) in [5.74, 6) is -2.31. The first-order valence-electron chi connectivity index (χ1n) is 8.11. The summed E-state index contributed by atoms with van der Waals surface area (Å²) in [6.45, 7) is 0.126. The Balaban J connectivity index is 1.55. The minimum absolute atomic E-state index is 0.00897. The van der Waals surface area contributed by atoms with Crippen LogP contribution in [0.2, 0.25) is 0 Å². The second kappa shape index (κ2) is 7.08. The van der Waals surface area contributed by atoms with Crippen molar-refractivity contribution in [1.82, 2.24) is 9.29 Å². The van der Waals surface area contributed by atoms with E-state index in [-0.39, 0.29) is 19.0 Å². The molecule has 1 aliphatic heterocycles. The monoisotopic (exact) mass is 425 g/mol. The number of benzene rings is 1. The zero-order valence-electron chi connectivity index (χ0n) is 14.2. The number of nitrogens with zero attached hydrogens (tertiary/aromatic N) is 2. The molecule has 2 aromatic heterocycles. The third-order valence-corrected chi connectivity index (χ3v) is 6.99. The van der Waals surface area contributed by atoms with Crippen LogP contribution in [0.1, 0.15) is 20.9 Å². The Kier molecular flexibility index (Phi) is 4.73. The number of carbonyl (C=O) groups excluding carboxylic acids is 1. The van der Waals surface area contributed by atoms with Crippen LogP contribution in [0.5, 0.6) is 0 Å². The molecular formula is C17H13F2N3O4S2. The number of halogens is 2. The van der Waals surface area contributed by atoms with Crippen LogP contribution in [0.15, 0.2) is 46.1 Å². The highest BCUT2D eigenvalue weighted by Crippen LogP contribution is 2.31. The highest BCUT2D eigenvalue weighted by molar-refractivity contribution is 7.89. The maximum absolute atomic E-state index is 13.4. The Morgan fingerprint density at radius 3 is 2.68 bits per heavy atom. The van der Waals surface area contributed by atoms with Crippen molar-refractivity contribution in [2.45, 2.75) is 17.9 Å². The van der Waals surface area contributed by atoms with E-state index >= 15 is 0 Å². The number of anilines is 1. The molecule has 3 heterocycles. The quantitative estimate of drug-likeness (QED) is 0.694. The number of amides is 1. The number of thiazole rings is 1. The number of sulfonamides is 1. The van der Waals surface area contributed by atoms with Crippen LogP contribution in [0, 0.1) is 11.6 Å². The highest BCUT2D eigenvalue weighted by Gasteiger charge is 2.31. The molecule has 0 spiro atoms. The van der Waals surface area contributed by atoms with Crippen LogP contribution in [0.25, 0.3) is 0 Å². The molecule has 0 atom stereocenters. The van der Waals surface area contributed by atoms with Crippen molar-refractivity contribution in [3.8, 4) is 0 Å². The van der Waals surface area contributed by atoms with Gasteiger partial charge < -0.3 is 4.42 Å². The predicted molar refractivity (Wildman–Crippen MR) is 96.4 cm³/mol. The van der Waals surface area contributed by atoms with Gasteiger partial charge in [0.05, 0.1) is 29.0 Å². The summed E-state index contributed by atoms with van der Waals surface area (Å²) in [5, 5.41) is 2.98. The maximum Gasteiger partial charge on any atom is 0.260 e. The van der Waals surface area contributed by atoms with Crippen LogP contribution in [-0.2, 0) is 23.0 Å². The van der Waals surface area contributed by atoms with Crippen molar-refractivity contribution < 1.29 is 26.4 Å². The zero-order chi connectivity index (χ0) is 19.9. The summed E-state index contributed by atoms with van der Waals surface area (Å²) < 4.78 is 58.3. The zero-order valence-corrected chi connectivity index (χ0v) is 15.8. The van der Waals surface area contributed by atoms with E-state index in [9.17, 15) is 22.0 Å². The molecule has 11 heteroatoms. The molecule has 146 valence electrons. The van der Waals surface area contributed by atoms with Gasteiger partial charge in [-0.05, 0) is 18.2 Å². The lowest BCUT2D eigenvalue weighted by Gasteiger charge is -2.25. The van der Waals surface area contributed by atoms with Gasteiger partial charge in [-0.25, -0.2) is 22.2 Å². The SMILES string of the molecule is O=C(Nc1nc2c(s1)CN(S(=O)(=O)c1cc(F)cc(F)c1)CC2)c1ccoc1. The lowest BCUT2D eigenvalue weighted by Crippen LogP contribution is -2.35. The van der Waals surface area contributed by atoms with E-state index in [1.165, 1.54) is 18.6 Å². The molecule has 0 radical (unpaired) electrons. The molecule has 0 fully saturated rings. The molecule has 0 saturated carbocycles. The van der Waals surface area contributed by atoms with Gasteiger partial charge >= 0.3 is 0 Å². The molecule has 4 rings (SSSR count). The molecule has 1 aliphatic rings. The normalized spacial score (nSPS) is 14.6. The molecule has 0 bridgehead atoms. The van der Waals surface area contributed by atoms with Gasteiger partial charge in [0.15, 0.2) is 5.13 Å². The fourth-order valence-electron chi connectivity index (χ4n) is 2.82. The lowest BCUT2D eigenvalue weighted by molar-refractivity contribution is 0.102. The van der Waals surface area contributed by atoms with Gasteiger partial charge in [0.25, 0.3) is 5.91 Å². The lowest BCUT2D eigenvalue weighted by atomic mass is 10.2. The average molecular weight is 425 g/mol. The van der Waals surface area contributed by atoms with Crippen LogP contribution in [0.4, 0.5) is 13.9 Å². The van der Waals surface area contributed by atoms with Crippen molar-refractivity contribution >= 4 is 32.4 Å². The Bertz CT molecular complexity index is 1120. The van der Waals surface area contributed by atoms with Crippen molar-refractivity contribution in [2.24, 2.45) is 0 Å². The van der Waals surface area contributed by atoms with Crippen molar-refractivity contribution in [3.63, 3.8) is 0 Å². The summed E-state index contributed by atoms with van der Waals surface area (Å²) in [4.78, 5) is 16.6. The van der Waals surface area contributed by atoms with E-state index < -0.39 is 26.6 Å². The Hall–Kier alpha value is -2.63. The average Bonchev–Trinajstić information content (AvgIpc) is 3.29.